The quantitative estimate of drug-likeness (QED) is 0.839. The molecular weight excluding hydrogens is 265 g/mol. The van der Waals surface area contributed by atoms with Crippen molar-refractivity contribution in [3.63, 3.8) is 0 Å². The molecule has 0 spiro atoms. The van der Waals surface area contributed by atoms with Crippen molar-refractivity contribution in [2.45, 2.75) is 32.2 Å². The Bertz CT molecular complexity index is 471. The fourth-order valence-corrected chi connectivity index (χ4v) is 3.40. The van der Waals surface area contributed by atoms with Crippen molar-refractivity contribution < 1.29 is 9.13 Å². The summed E-state index contributed by atoms with van der Waals surface area (Å²) in [5.41, 5.74) is 0.463. The van der Waals surface area contributed by atoms with Gasteiger partial charge in [-0.15, -0.1) is 0 Å². The van der Waals surface area contributed by atoms with E-state index in [0.717, 1.165) is 5.92 Å². The fourth-order valence-electron chi connectivity index (χ4n) is 3.20. The Hall–Kier alpha value is -0.800. The molecule has 3 saturated heterocycles. The van der Waals surface area contributed by atoms with Crippen molar-refractivity contribution in [1.82, 2.24) is 4.90 Å². The molecule has 0 amide bonds. The first kappa shape index (κ1) is 13.2. The topological polar surface area (TPSA) is 12.5 Å². The van der Waals surface area contributed by atoms with Crippen molar-refractivity contribution in [2.24, 2.45) is 5.92 Å². The maximum Gasteiger partial charge on any atom is 0.138 e. The number of fused-ring (bicyclic) bond motifs is 3. The van der Waals surface area contributed by atoms with Gasteiger partial charge in [-0.1, -0.05) is 11.6 Å². The van der Waals surface area contributed by atoms with Gasteiger partial charge in [0.15, 0.2) is 0 Å². The number of piperidine rings is 3. The van der Waals surface area contributed by atoms with E-state index in [9.17, 15) is 4.39 Å². The normalized spacial score (nSPS) is 29.5. The molecule has 1 atom stereocenters. The van der Waals surface area contributed by atoms with Crippen LogP contribution in [0.5, 0.6) is 5.75 Å². The molecule has 104 valence electrons. The zero-order chi connectivity index (χ0) is 13.4. The van der Waals surface area contributed by atoms with Gasteiger partial charge in [0.1, 0.15) is 18.2 Å². The number of rotatable bonds is 3. The summed E-state index contributed by atoms with van der Waals surface area (Å²) < 4.78 is 19.2. The Morgan fingerprint density at radius 3 is 2.74 bits per heavy atom. The molecule has 1 aromatic rings. The Labute approximate surface area is 118 Å². The van der Waals surface area contributed by atoms with Crippen LogP contribution in [0.25, 0.3) is 0 Å². The Morgan fingerprint density at radius 1 is 1.37 bits per heavy atom. The molecule has 1 unspecified atom stereocenters. The van der Waals surface area contributed by atoms with E-state index in [0.29, 0.717) is 29.0 Å². The van der Waals surface area contributed by atoms with E-state index in [-0.39, 0.29) is 5.82 Å². The summed E-state index contributed by atoms with van der Waals surface area (Å²) in [5, 5.41) is 0.399. The third-order valence-electron chi connectivity index (χ3n) is 4.49. The molecule has 0 aliphatic carbocycles. The zero-order valence-corrected chi connectivity index (χ0v) is 11.9. The number of ether oxygens (including phenoxy) is 1. The molecule has 4 heteroatoms. The van der Waals surface area contributed by atoms with Gasteiger partial charge in [-0.3, -0.25) is 4.90 Å². The van der Waals surface area contributed by atoms with E-state index in [1.165, 1.54) is 38.4 Å². The standard InChI is InChI=1S/C15H19ClFNO/c1-10-13(17)2-3-14(15(10)16)19-9-12-8-11-4-6-18(12)7-5-11/h2-3,11-12H,4-9H2,1H3. The first-order chi connectivity index (χ1) is 9.15. The maximum atomic E-state index is 13.3. The smallest absolute Gasteiger partial charge is 0.138 e. The molecule has 4 rings (SSSR count). The second-order valence-electron chi connectivity index (χ2n) is 5.66. The van der Waals surface area contributed by atoms with Gasteiger partial charge in [-0.05, 0) is 57.3 Å². The van der Waals surface area contributed by atoms with Crippen molar-refractivity contribution in [1.29, 1.82) is 0 Å². The molecule has 0 aromatic heterocycles. The predicted molar refractivity (Wildman–Crippen MR) is 74.3 cm³/mol. The van der Waals surface area contributed by atoms with Crippen molar-refractivity contribution in [2.75, 3.05) is 19.7 Å². The molecule has 3 aliphatic rings. The van der Waals surface area contributed by atoms with Gasteiger partial charge in [0.25, 0.3) is 0 Å². The summed E-state index contributed by atoms with van der Waals surface area (Å²) in [6, 6.07) is 3.54. The van der Waals surface area contributed by atoms with Gasteiger partial charge in [0.05, 0.1) is 5.02 Å². The number of benzene rings is 1. The summed E-state index contributed by atoms with van der Waals surface area (Å²) >= 11 is 6.12. The van der Waals surface area contributed by atoms with Gasteiger partial charge in [-0.25, -0.2) is 4.39 Å². The molecule has 3 fully saturated rings. The second kappa shape index (κ2) is 5.29. The molecule has 0 radical (unpaired) electrons. The third kappa shape index (κ3) is 2.59. The van der Waals surface area contributed by atoms with Gasteiger partial charge in [0.2, 0.25) is 0 Å². The van der Waals surface area contributed by atoms with Gasteiger partial charge in [-0.2, -0.15) is 0 Å². The largest absolute Gasteiger partial charge is 0.490 e. The van der Waals surface area contributed by atoms with Crippen molar-refractivity contribution in [3.05, 3.63) is 28.5 Å². The minimum absolute atomic E-state index is 0.280. The van der Waals surface area contributed by atoms with Crippen LogP contribution in [0.4, 0.5) is 4.39 Å². The number of nitrogens with zero attached hydrogens (tertiary/aromatic N) is 1. The van der Waals surface area contributed by atoms with E-state index >= 15 is 0 Å². The van der Waals surface area contributed by atoms with Crippen LogP contribution in [0.1, 0.15) is 24.8 Å². The molecule has 2 nitrogen and oxygen atoms in total. The van der Waals surface area contributed by atoms with E-state index in [1.807, 2.05) is 0 Å². The molecule has 0 saturated carbocycles. The van der Waals surface area contributed by atoms with Crippen LogP contribution in [0.15, 0.2) is 12.1 Å². The van der Waals surface area contributed by atoms with Gasteiger partial charge in [0, 0.05) is 11.6 Å². The number of hydrogen-bond acceptors (Lipinski definition) is 2. The predicted octanol–water partition coefficient (Wildman–Crippen LogP) is 3.65. The first-order valence-corrected chi connectivity index (χ1v) is 7.34. The van der Waals surface area contributed by atoms with Crippen LogP contribution in [0.2, 0.25) is 5.02 Å². The summed E-state index contributed by atoms with van der Waals surface area (Å²) in [6.07, 6.45) is 3.87. The Morgan fingerprint density at radius 2 is 2.11 bits per heavy atom. The molecule has 3 aliphatic heterocycles. The highest BCUT2D eigenvalue weighted by Crippen LogP contribution is 2.34. The summed E-state index contributed by atoms with van der Waals surface area (Å²) in [6.45, 7) is 4.71. The molecule has 19 heavy (non-hydrogen) atoms. The van der Waals surface area contributed by atoms with E-state index in [4.69, 9.17) is 16.3 Å². The van der Waals surface area contributed by atoms with Crippen molar-refractivity contribution >= 4 is 11.6 Å². The maximum absolute atomic E-state index is 13.3. The minimum atomic E-state index is -0.280. The second-order valence-corrected chi connectivity index (χ2v) is 6.04. The van der Waals surface area contributed by atoms with Crippen LogP contribution in [-0.2, 0) is 0 Å². The Balaban J connectivity index is 1.65. The molecule has 0 N–H and O–H groups in total. The first-order valence-electron chi connectivity index (χ1n) is 6.96. The average Bonchev–Trinajstić information content (AvgIpc) is 2.45. The lowest BCUT2D eigenvalue weighted by Crippen LogP contribution is -2.51. The summed E-state index contributed by atoms with van der Waals surface area (Å²) in [5.74, 6) is 1.19. The molecule has 2 bridgehead atoms. The highest BCUT2D eigenvalue weighted by atomic mass is 35.5. The van der Waals surface area contributed by atoms with E-state index in [2.05, 4.69) is 4.90 Å². The van der Waals surface area contributed by atoms with Crippen molar-refractivity contribution in [3.8, 4) is 5.75 Å². The molecule has 3 heterocycles. The average molecular weight is 284 g/mol. The lowest BCUT2D eigenvalue weighted by Gasteiger charge is -2.45. The molecular formula is C15H19ClFNO. The van der Waals surface area contributed by atoms with Crippen LogP contribution < -0.4 is 4.74 Å². The highest BCUT2D eigenvalue weighted by molar-refractivity contribution is 6.32. The Kier molecular flexibility index (Phi) is 3.68. The van der Waals surface area contributed by atoms with E-state index in [1.54, 1.807) is 13.0 Å². The van der Waals surface area contributed by atoms with Crippen LogP contribution >= 0.6 is 11.6 Å². The summed E-state index contributed by atoms with van der Waals surface area (Å²) in [4.78, 5) is 2.50. The minimum Gasteiger partial charge on any atom is -0.490 e. The monoisotopic (exact) mass is 283 g/mol. The van der Waals surface area contributed by atoms with Gasteiger partial charge < -0.3 is 4.74 Å². The van der Waals surface area contributed by atoms with Crippen LogP contribution in [-0.4, -0.2) is 30.6 Å². The summed E-state index contributed by atoms with van der Waals surface area (Å²) in [7, 11) is 0. The number of halogens is 2. The molecule has 1 aromatic carbocycles. The number of hydrogen-bond donors (Lipinski definition) is 0. The third-order valence-corrected chi connectivity index (χ3v) is 4.96. The van der Waals surface area contributed by atoms with Crippen LogP contribution in [0.3, 0.4) is 0 Å². The van der Waals surface area contributed by atoms with E-state index < -0.39 is 0 Å². The lowest BCUT2D eigenvalue weighted by molar-refractivity contribution is 0.0238. The fraction of sp³-hybridized carbons (Fsp3) is 0.600. The SMILES string of the molecule is Cc1c(F)ccc(OCC2CC3CCN2CC3)c1Cl. The highest BCUT2D eigenvalue weighted by Gasteiger charge is 2.33. The zero-order valence-electron chi connectivity index (χ0n) is 11.2. The van der Waals surface area contributed by atoms with Gasteiger partial charge >= 0.3 is 0 Å². The lowest BCUT2D eigenvalue weighted by atomic mass is 9.83. The van der Waals surface area contributed by atoms with Crippen LogP contribution in [0, 0.1) is 18.7 Å².